The Labute approximate surface area is 75.1 Å². The molecule has 1 aliphatic rings. The lowest BCUT2D eigenvalue weighted by Crippen LogP contribution is -2.39. The van der Waals surface area contributed by atoms with Crippen molar-refractivity contribution in [1.29, 1.82) is 0 Å². The third-order valence-corrected chi connectivity index (χ3v) is 2.62. The van der Waals surface area contributed by atoms with Crippen LogP contribution >= 0.6 is 0 Å². The second-order valence-corrected chi connectivity index (χ2v) is 4.82. The van der Waals surface area contributed by atoms with Crippen molar-refractivity contribution in [2.45, 2.75) is 24.9 Å². The standard InChI is InChI=1S/C6H11F2NO3S/c7-6(8)2-1-5(12-4-6)3-13(9,10)11/h5H,1-4H2,(H2,9,10,11). The Balaban J connectivity index is 2.43. The van der Waals surface area contributed by atoms with Gasteiger partial charge in [-0.05, 0) is 6.42 Å². The van der Waals surface area contributed by atoms with Crippen molar-refractivity contribution >= 4 is 10.0 Å². The summed E-state index contributed by atoms with van der Waals surface area (Å²) in [6.45, 7) is -0.715. The summed E-state index contributed by atoms with van der Waals surface area (Å²) in [5, 5.41) is 4.74. The SMILES string of the molecule is NS(=O)(=O)CC1CCC(F)(F)CO1. The molecule has 1 rings (SSSR count). The first-order valence-electron chi connectivity index (χ1n) is 3.78. The maximum Gasteiger partial charge on any atom is 0.271 e. The van der Waals surface area contributed by atoms with Gasteiger partial charge in [-0.2, -0.15) is 0 Å². The summed E-state index contributed by atoms with van der Waals surface area (Å²) < 4.78 is 50.8. The van der Waals surface area contributed by atoms with Crippen LogP contribution in [0.4, 0.5) is 8.78 Å². The van der Waals surface area contributed by atoms with Gasteiger partial charge in [-0.1, -0.05) is 0 Å². The van der Waals surface area contributed by atoms with Crippen molar-refractivity contribution in [2.75, 3.05) is 12.4 Å². The Bertz CT molecular complexity index is 268. The second-order valence-electron chi connectivity index (χ2n) is 3.16. The molecule has 1 heterocycles. The maximum atomic E-state index is 12.5. The Kier molecular flexibility index (Phi) is 2.88. The van der Waals surface area contributed by atoms with Gasteiger partial charge in [-0.15, -0.1) is 0 Å². The van der Waals surface area contributed by atoms with Crippen LogP contribution < -0.4 is 5.14 Å². The largest absolute Gasteiger partial charge is 0.371 e. The monoisotopic (exact) mass is 215 g/mol. The molecule has 0 saturated carbocycles. The van der Waals surface area contributed by atoms with Gasteiger partial charge in [0, 0.05) is 6.42 Å². The number of rotatable bonds is 2. The Hall–Kier alpha value is -0.270. The topological polar surface area (TPSA) is 69.4 Å². The van der Waals surface area contributed by atoms with Gasteiger partial charge < -0.3 is 4.74 Å². The molecule has 0 spiro atoms. The number of hydrogen-bond donors (Lipinski definition) is 1. The minimum absolute atomic E-state index is 0.0312. The number of primary sulfonamides is 1. The lowest BCUT2D eigenvalue weighted by molar-refractivity contribution is -0.138. The molecule has 1 unspecified atom stereocenters. The quantitative estimate of drug-likeness (QED) is 0.709. The van der Waals surface area contributed by atoms with E-state index in [1.807, 2.05) is 0 Å². The maximum absolute atomic E-state index is 12.5. The molecule has 0 radical (unpaired) electrons. The van der Waals surface area contributed by atoms with E-state index < -0.39 is 28.7 Å². The Morgan fingerprint density at radius 2 is 2.15 bits per heavy atom. The zero-order chi connectivity index (χ0) is 10.1. The van der Waals surface area contributed by atoms with Crippen LogP contribution in [0.2, 0.25) is 0 Å². The van der Waals surface area contributed by atoms with E-state index in [1.54, 1.807) is 0 Å². The molecule has 0 aromatic carbocycles. The van der Waals surface area contributed by atoms with Crippen LogP contribution in [0.1, 0.15) is 12.8 Å². The van der Waals surface area contributed by atoms with Gasteiger partial charge in [0.1, 0.15) is 6.61 Å². The van der Waals surface area contributed by atoms with Gasteiger partial charge in [0.05, 0.1) is 11.9 Å². The summed E-state index contributed by atoms with van der Waals surface area (Å²) in [7, 11) is -3.63. The molecule has 0 amide bonds. The van der Waals surface area contributed by atoms with Crippen molar-refractivity contribution in [3.8, 4) is 0 Å². The van der Waals surface area contributed by atoms with E-state index in [2.05, 4.69) is 4.74 Å². The molecule has 78 valence electrons. The third-order valence-electron chi connectivity index (χ3n) is 1.78. The van der Waals surface area contributed by atoms with E-state index in [0.717, 1.165) is 0 Å². The number of ether oxygens (including phenoxy) is 1. The summed E-state index contributed by atoms with van der Waals surface area (Å²) in [4.78, 5) is 0. The molecule has 1 saturated heterocycles. The molecule has 0 aromatic heterocycles. The highest BCUT2D eigenvalue weighted by Crippen LogP contribution is 2.28. The lowest BCUT2D eigenvalue weighted by atomic mass is 10.1. The highest BCUT2D eigenvalue weighted by atomic mass is 32.2. The zero-order valence-electron chi connectivity index (χ0n) is 6.87. The number of hydrogen-bond acceptors (Lipinski definition) is 3. The first-order valence-corrected chi connectivity index (χ1v) is 5.50. The van der Waals surface area contributed by atoms with Crippen molar-refractivity contribution in [1.82, 2.24) is 0 Å². The van der Waals surface area contributed by atoms with Gasteiger partial charge in [-0.3, -0.25) is 0 Å². The van der Waals surface area contributed by atoms with Crippen molar-refractivity contribution in [3.63, 3.8) is 0 Å². The van der Waals surface area contributed by atoms with Crippen LogP contribution in [0.25, 0.3) is 0 Å². The molecule has 2 N–H and O–H groups in total. The van der Waals surface area contributed by atoms with Gasteiger partial charge in [0.2, 0.25) is 10.0 Å². The Morgan fingerprint density at radius 1 is 1.54 bits per heavy atom. The number of nitrogens with two attached hydrogens (primary N) is 1. The molecular formula is C6H11F2NO3S. The smallest absolute Gasteiger partial charge is 0.271 e. The van der Waals surface area contributed by atoms with Crippen molar-refractivity contribution in [2.24, 2.45) is 5.14 Å². The summed E-state index contributed by atoms with van der Waals surface area (Å²) in [6, 6.07) is 0. The van der Waals surface area contributed by atoms with Crippen LogP contribution in [0, 0.1) is 0 Å². The van der Waals surface area contributed by atoms with E-state index in [9.17, 15) is 17.2 Å². The molecule has 1 aliphatic heterocycles. The first kappa shape index (κ1) is 10.8. The van der Waals surface area contributed by atoms with Crippen molar-refractivity contribution in [3.05, 3.63) is 0 Å². The van der Waals surface area contributed by atoms with Gasteiger partial charge in [0.15, 0.2) is 0 Å². The molecule has 13 heavy (non-hydrogen) atoms. The van der Waals surface area contributed by atoms with Gasteiger partial charge in [-0.25, -0.2) is 22.3 Å². The second kappa shape index (κ2) is 3.47. The van der Waals surface area contributed by atoms with Crippen LogP contribution in [-0.2, 0) is 14.8 Å². The predicted octanol–water partition coefficient (Wildman–Crippen LogP) is 0.0892. The van der Waals surface area contributed by atoms with Crippen LogP contribution in [0.3, 0.4) is 0 Å². The average Bonchev–Trinajstić information content (AvgIpc) is 1.91. The highest BCUT2D eigenvalue weighted by molar-refractivity contribution is 7.89. The third kappa shape index (κ3) is 3.97. The minimum atomic E-state index is -3.63. The predicted molar refractivity (Wildman–Crippen MR) is 41.9 cm³/mol. The number of halogens is 2. The molecular weight excluding hydrogens is 204 g/mol. The summed E-state index contributed by atoms with van der Waals surface area (Å²) in [6.07, 6.45) is -0.994. The molecule has 0 bridgehead atoms. The summed E-state index contributed by atoms with van der Waals surface area (Å²) in [5.74, 6) is -3.21. The van der Waals surface area contributed by atoms with E-state index in [1.165, 1.54) is 0 Å². The summed E-state index contributed by atoms with van der Waals surface area (Å²) >= 11 is 0. The van der Waals surface area contributed by atoms with Crippen molar-refractivity contribution < 1.29 is 21.9 Å². The molecule has 1 atom stereocenters. The normalized spacial score (nSPS) is 28.7. The van der Waals surface area contributed by atoms with E-state index in [4.69, 9.17) is 5.14 Å². The molecule has 0 aliphatic carbocycles. The van der Waals surface area contributed by atoms with E-state index >= 15 is 0 Å². The minimum Gasteiger partial charge on any atom is -0.371 e. The fourth-order valence-electron chi connectivity index (χ4n) is 1.16. The fraction of sp³-hybridized carbons (Fsp3) is 1.00. The highest BCUT2D eigenvalue weighted by Gasteiger charge is 2.36. The van der Waals surface area contributed by atoms with Crippen LogP contribution in [0.15, 0.2) is 0 Å². The molecule has 1 fully saturated rings. The number of alkyl halides is 2. The van der Waals surface area contributed by atoms with Crippen LogP contribution in [-0.4, -0.2) is 32.8 Å². The average molecular weight is 215 g/mol. The molecule has 4 nitrogen and oxygen atoms in total. The molecule has 0 aromatic rings. The van der Waals surface area contributed by atoms with E-state index in [-0.39, 0.29) is 18.6 Å². The van der Waals surface area contributed by atoms with Gasteiger partial charge in [0.25, 0.3) is 5.92 Å². The fourth-order valence-corrected chi connectivity index (χ4v) is 1.94. The van der Waals surface area contributed by atoms with Gasteiger partial charge >= 0.3 is 0 Å². The number of sulfonamides is 1. The summed E-state index contributed by atoms with van der Waals surface area (Å²) in [5.41, 5.74) is 0. The van der Waals surface area contributed by atoms with Crippen LogP contribution in [0.5, 0.6) is 0 Å². The van der Waals surface area contributed by atoms with E-state index in [0.29, 0.717) is 0 Å². The first-order chi connectivity index (χ1) is 5.79. The zero-order valence-corrected chi connectivity index (χ0v) is 7.69. The lowest BCUT2D eigenvalue weighted by Gasteiger charge is -2.27. The molecule has 7 heteroatoms. The Morgan fingerprint density at radius 3 is 2.54 bits per heavy atom.